The number of nitrogens with one attached hydrogen (secondary N) is 1. The van der Waals surface area contributed by atoms with Gasteiger partial charge in [0.15, 0.2) is 0 Å². The fourth-order valence-corrected chi connectivity index (χ4v) is 2.38. The lowest BCUT2D eigenvalue weighted by Gasteiger charge is -2.17. The van der Waals surface area contributed by atoms with E-state index in [9.17, 15) is 5.11 Å². The van der Waals surface area contributed by atoms with E-state index >= 15 is 0 Å². The summed E-state index contributed by atoms with van der Waals surface area (Å²) in [7, 11) is 0. The molecule has 2 rings (SSSR count). The van der Waals surface area contributed by atoms with Crippen LogP contribution in [0.3, 0.4) is 0 Å². The minimum Gasteiger partial charge on any atom is -0.490 e. The van der Waals surface area contributed by atoms with Gasteiger partial charge in [0.1, 0.15) is 25.0 Å². The Morgan fingerprint density at radius 1 is 1.29 bits per heavy atom. The van der Waals surface area contributed by atoms with Gasteiger partial charge < -0.3 is 14.7 Å². The zero-order chi connectivity index (χ0) is 12.1. The summed E-state index contributed by atoms with van der Waals surface area (Å²) in [4.78, 5) is 1.51. The molecule has 1 aliphatic heterocycles. The van der Waals surface area contributed by atoms with E-state index in [1.54, 1.807) is 0 Å². The standard InChI is InChI=1S/C14H21NO2/c1-12-6-2-3-7-14(12)17-11-13(16)10-15-8-4-5-9-15/h2-3,6-7,13,16H,4-5,8-11H2,1H3/p+1/t13-/m0/s1. The molecule has 0 aromatic heterocycles. The zero-order valence-corrected chi connectivity index (χ0v) is 10.5. The van der Waals surface area contributed by atoms with E-state index in [2.05, 4.69) is 0 Å². The highest BCUT2D eigenvalue weighted by Crippen LogP contribution is 2.15. The number of quaternary nitrogens is 1. The fraction of sp³-hybridized carbons (Fsp3) is 0.571. The minimum atomic E-state index is -0.359. The van der Waals surface area contributed by atoms with Gasteiger partial charge >= 0.3 is 0 Å². The van der Waals surface area contributed by atoms with Gasteiger partial charge in [0.2, 0.25) is 0 Å². The molecule has 0 aliphatic carbocycles. The molecule has 1 saturated heterocycles. The Bertz CT molecular complexity index is 348. The molecule has 0 radical (unpaired) electrons. The van der Waals surface area contributed by atoms with E-state index in [0.29, 0.717) is 6.61 Å². The first-order valence-electron chi connectivity index (χ1n) is 6.46. The van der Waals surface area contributed by atoms with E-state index in [1.165, 1.54) is 30.8 Å². The normalized spacial score (nSPS) is 18.2. The molecule has 3 heteroatoms. The fourth-order valence-electron chi connectivity index (χ4n) is 2.38. The molecule has 1 aliphatic rings. The zero-order valence-electron chi connectivity index (χ0n) is 10.5. The van der Waals surface area contributed by atoms with E-state index in [1.807, 2.05) is 31.2 Å². The molecule has 2 N–H and O–H groups in total. The summed E-state index contributed by atoms with van der Waals surface area (Å²) in [5, 5.41) is 9.92. The molecule has 1 fully saturated rings. The van der Waals surface area contributed by atoms with Crippen molar-refractivity contribution in [3.63, 3.8) is 0 Å². The van der Waals surface area contributed by atoms with Crippen molar-refractivity contribution in [2.45, 2.75) is 25.9 Å². The molecule has 0 saturated carbocycles. The Labute approximate surface area is 103 Å². The van der Waals surface area contributed by atoms with Crippen molar-refractivity contribution in [3.05, 3.63) is 29.8 Å². The van der Waals surface area contributed by atoms with Crippen LogP contribution in [-0.4, -0.2) is 37.5 Å². The van der Waals surface area contributed by atoms with Gasteiger partial charge in [-0.05, 0) is 18.6 Å². The molecule has 0 spiro atoms. The number of hydrogen-bond donors (Lipinski definition) is 2. The van der Waals surface area contributed by atoms with Gasteiger partial charge in [0.25, 0.3) is 0 Å². The van der Waals surface area contributed by atoms with Crippen molar-refractivity contribution < 1.29 is 14.7 Å². The van der Waals surface area contributed by atoms with Crippen LogP contribution in [-0.2, 0) is 0 Å². The van der Waals surface area contributed by atoms with Crippen molar-refractivity contribution in [1.82, 2.24) is 0 Å². The number of likely N-dealkylation sites (tertiary alicyclic amines) is 1. The number of benzene rings is 1. The van der Waals surface area contributed by atoms with Crippen LogP contribution in [0.5, 0.6) is 5.75 Å². The Morgan fingerprint density at radius 3 is 2.71 bits per heavy atom. The topological polar surface area (TPSA) is 33.9 Å². The molecule has 94 valence electrons. The second-order valence-corrected chi connectivity index (χ2v) is 4.89. The van der Waals surface area contributed by atoms with Crippen LogP contribution in [0.4, 0.5) is 0 Å². The predicted molar refractivity (Wildman–Crippen MR) is 67.5 cm³/mol. The number of para-hydroxylation sites is 1. The number of rotatable bonds is 5. The number of hydrogen-bond acceptors (Lipinski definition) is 2. The van der Waals surface area contributed by atoms with Crippen LogP contribution >= 0.6 is 0 Å². The summed E-state index contributed by atoms with van der Waals surface area (Å²) < 4.78 is 5.65. The SMILES string of the molecule is Cc1ccccc1OC[C@@H](O)C[NH+]1CCCC1. The monoisotopic (exact) mass is 236 g/mol. The van der Waals surface area contributed by atoms with Gasteiger partial charge in [-0.3, -0.25) is 0 Å². The lowest BCUT2D eigenvalue weighted by molar-refractivity contribution is -0.890. The molecule has 1 aromatic carbocycles. The molecule has 0 bridgehead atoms. The van der Waals surface area contributed by atoms with Gasteiger partial charge in [-0.2, -0.15) is 0 Å². The van der Waals surface area contributed by atoms with Crippen LogP contribution in [0.1, 0.15) is 18.4 Å². The summed E-state index contributed by atoms with van der Waals surface area (Å²) in [6.45, 7) is 5.62. The smallest absolute Gasteiger partial charge is 0.137 e. The highest BCUT2D eigenvalue weighted by molar-refractivity contribution is 5.31. The van der Waals surface area contributed by atoms with E-state index in [-0.39, 0.29) is 6.10 Å². The molecule has 17 heavy (non-hydrogen) atoms. The molecule has 0 amide bonds. The molecule has 1 aromatic rings. The molecular formula is C14H22NO2+. The molecule has 1 heterocycles. The summed E-state index contributed by atoms with van der Waals surface area (Å²) >= 11 is 0. The first-order chi connectivity index (χ1) is 8.25. The van der Waals surface area contributed by atoms with Gasteiger partial charge in [-0.1, -0.05) is 18.2 Å². The van der Waals surface area contributed by atoms with E-state index in [4.69, 9.17) is 4.74 Å². The Kier molecular flexibility index (Phi) is 4.40. The van der Waals surface area contributed by atoms with Crippen LogP contribution in [0.2, 0.25) is 0 Å². The number of aliphatic hydroxyl groups is 1. The first-order valence-corrected chi connectivity index (χ1v) is 6.46. The van der Waals surface area contributed by atoms with E-state index in [0.717, 1.165) is 17.9 Å². The van der Waals surface area contributed by atoms with Crippen LogP contribution in [0, 0.1) is 6.92 Å². The van der Waals surface area contributed by atoms with Gasteiger partial charge in [0.05, 0.1) is 13.1 Å². The average Bonchev–Trinajstić information content (AvgIpc) is 2.81. The third-order valence-corrected chi connectivity index (χ3v) is 3.36. The Balaban J connectivity index is 1.75. The lowest BCUT2D eigenvalue weighted by atomic mass is 10.2. The van der Waals surface area contributed by atoms with Crippen LogP contribution in [0.15, 0.2) is 24.3 Å². The van der Waals surface area contributed by atoms with Gasteiger partial charge in [-0.25, -0.2) is 0 Å². The van der Waals surface area contributed by atoms with E-state index < -0.39 is 0 Å². The quantitative estimate of drug-likeness (QED) is 0.776. The maximum absolute atomic E-state index is 9.92. The van der Waals surface area contributed by atoms with Crippen molar-refractivity contribution >= 4 is 0 Å². The maximum atomic E-state index is 9.92. The predicted octanol–water partition coefficient (Wildman–Crippen LogP) is 0.413. The highest BCUT2D eigenvalue weighted by Gasteiger charge is 2.19. The van der Waals surface area contributed by atoms with Crippen molar-refractivity contribution in [3.8, 4) is 5.75 Å². The molecule has 1 atom stereocenters. The molecule has 0 unspecified atom stereocenters. The number of aryl methyl sites for hydroxylation is 1. The second-order valence-electron chi connectivity index (χ2n) is 4.89. The Morgan fingerprint density at radius 2 is 2.00 bits per heavy atom. The first kappa shape index (κ1) is 12.4. The van der Waals surface area contributed by atoms with Crippen LogP contribution in [0.25, 0.3) is 0 Å². The number of ether oxygens (including phenoxy) is 1. The number of aliphatic hydroxyl groups excluding tert-OH is 1. The van der Waals surface area contributed by atoms with Gasteiger partial charge in [-0.15, -0.1) is 0 Å². The second kappa shape index (κ2) is 6.03. The van der Waals surface area contributed by atoms with Crippen molar-refractivity contribution in [1.29, 1.82) is 0 Å². The highest BCUT2D eigenvalue weighted by atomic mass is 16.5. The summed E-state index contributed by atoms with van der Waals surface area (Å²) in [6, 6.07) is 7.92. The third-order valence-electron chi connectivity index (χ3n) is 3.36. The molecule has 3 nitrogen and oxygen atoms in total. The van der Waals surface area contributed by atoms with Crippen molar-refractivity contribution in [2.24, 2.45) is 0 Å². The maximum Gasteiger partial charge on any atom is 0.137 e. The average molecular weight is 236 g/mol. The third kappa shape index (κ3) is 3.72. The largest absolute Gasteiger partial charge is 0.490 e. The minimum absolute atomic E-state index is 0.359. The summed E-state index contributed by atoms with van der Waals surface area (Å²) in [5.41, 5.74) is 1.12. The van der Waals surface area contributed by atoms with Crippen molar-refractivity contribution in [2.75, 3.05) is 26.2 Å². The van der Waals surface area contributed by atoms with Gasteiger partial charge in [0, 0.05) is 12.8 Å². The summed E-state index contributed by atoms with van der Waals surface area (Å²) in [6.07, 6.45) is 2.23. The molecular weight excluding hydrogens is 214 g/mol. The Hall–Kier alpha value is -1.06. The van der Waals surface area contributed by atoms with Crippen LogP contribution < -0.4 is 9.64 Å². The lowest BCUT2D eigenvalue weighted by Crippen LogP contribution is -3.11. The summed E-state index contributed by atoms with van der Waals surface area (Å²) in [5.74, 6) is 0.878.